The Morgan fingerprint density at radius 2 is 1.20 bits per heavy atom. The minimum absolute atomic E-state index is 0.127. The highest BCUT2D eigenvalue weighted by Crippen LogP contribution is 2.41. The number of nitrogens with two attached hydrogens (primary N) is 1. The Hall–Kier alpha value is -5.15. The molecule has 0 aliphatic carbocycles. The molecule has 3 N–H and O–H groups in total. The summed E-state index contributed by atoms with van der Waals surface area (Å²) < 4.78 is 0. The fraction of sp³-hybridized carbons (Fsp3) is 0.129. The van der Waals surface area contributed by atoms with Crippen molar-refractivity contribution in [2.45, 2.75) is 18.9 Å². The van der Waals surface area contributed by atoms with E-state index in [-0.39, 0.29) is 33.0 Å². The summed E-state index contributed by atoms with van der Waals surface area (Å²) >= 11 is 0. The van der Waals surface area contributed by atoms with E-state index in [2.05, 4.69) is 0 Å². The second kappa shape index (κ2) is 9.55. The molecule has 2 aliphatic rings. The molecule has 2 heterocycles. The van der Waals surface area contributed by atoms with Crippen LogP contribution in [0.15, 0.2) is 78.9 Å². The maximum Gasteiger partial charge on any atom is 0.305 e. The number of hydrogen-bond donors (Lipinski definition) is 2. The Balaban J connectivity index is 1.47. The summed E-state index contributed by atoms with van der Waals surface area (Å²) in [6.07, 6.45) is 0.179. The van der Waals surface area contributed by atoms with E-state index in [4.69, 9.17) is 5.73 Å². The summed E-state index contributed by atoms with van der Waals surface area (Å²) in [7, 11) is 0. The molecule has 0 saturated heterocycles. The highest BCUT2D eigenvalue weighted by Gasteiger charge is 2.42. The van der Waals surface area contributed by atoms with Gasteiger partial charge in [-0.15, -0.1) is 0 Å². The van der Waals surface area contributed by atoms with Crippen molar-refractivity contribution in [3.8, 4) is 0 Å². The van der Waals surface area contributed by atoms with Gasteiger partial charge in [-0.05, 0) is 60.5 Å². The Kier molecular flexibility index (Phi) is 6.00. The third kappa shape index (κ3) is 3.78. The van der Waals surface area contributed by atoms with Crippen molar-refractivity contribution < 1.29 is 29.1 Å². The number of anilines is 1. The van der Waals surface area contributed by atoms with Gasteiger partial charge in [-0.25, -0.2) is 4.90 Å². The number of imide groups is 2. The van der Waals surface area contributed by atoms with Crippen molar-refractivity contribution in [1.82, 2.24) is 4.90 Å². The molecular weight excluding hydrogens is 510 g/mol. The van der Waals surface area contributed by atoms with Crippen LogP contribution in [0.5, 0.6) is 0 Å². The Bertz CT molecular complexity index is 1680. The van der Waals surface area contributed by atoms with Gasteiger partial charge in [0.1, 0.15) is 0 Å². The van der Waals surface area contributed by atoms with Gasteiger partial charge in [-0.3, -0.25) is 28.9 Å². The molecule has 0 saturated carbocycles. The summed E-state index contributed by atoms with van der Waals surface area (Å²) in [4.78, 5) is 68.7. The van der Waals surface area contributed by atoms with Crippen LogP contribution >= 0.6 is 0 Å². The number of carboxylic acids is 1. The molecule has 6 rings (SSSR count). The Labute approximate surface area is 228 Å². The van der Waals surface area contributed by atoms with Crippen molar-refractivity contribution in [2.75, 3.05) is 11.4 Å². The number of hydrogen-bond acceptors (Lipinski definition) is 6. The second-order valence-electron chi connectivity index (χ2n) is 9.73. The standard InChI is InChI=1S/C31H23N3O6/c32-15-14-17-6-8-19(9-7-17)33-28(37)20-10-12-22-27-23(13-11-21(26(20)27)29(33)38)31(40)34(30(22)39)24(16-25(35)36)18-4-2-1-3-5-18/h1-13,24H,14-16,32H2,(H,35,36). The van der Waals surface area contributed by atoms with Crippen LogP contribution in [0.3, 0.4) is 0 Å². The van der Waals surface area contributed by atoms with Crippen LogP contribution in [0.4, 0.5) is 5.69 Å². The van der Waals surface area contributed by atoms with Crippen molar-refractivity contribution in [3.05, 3.63) is 112 Å². The molecule has 9 heteroatoms. The largest absolute Gasteiger partial charge is 0.481 e. The van der Waals surface area contributed by atoms with E-state index in [0.717, 1.165) is 15.4 Å². The summed E-state index contributed by atoms with van der Waals surface area (Å²) in [5.41, 5.74) is 8.13. The summed E-state index contributed by atoms with van der Waals surface area (Å²) in [5.74, 6) is -3.67. The van der Waals surface area contributed by atoms with Gasteiger partial charge >= 0.3 is 5.97 Å². The molecule has 40 heavy (non-hydrogen) atoms. The van der Waals surface area contributed by atoms with E-state index in [1.54, 1.807) is 42.5 Å². The lowest BCUT2D eigenvalue weighted by atomic mass is 9.85. The molecule has 0 fully saturated rings. The second-order valence-corrected chi connectivity index (χ2v) is 9.73. The van der Waals surface area contributed by atoms with E-state index in [9.17, 15) is 29.1 Å². The van der Waals surface area contributed by atoms with Gasteiger partial charge in [0.25, 0.3) is 23.6 Å². The number of carbonyl (C=O) groups is 5. The van der Waals surface area contributed by atoms with Gasteiger partial charge in [0.2, 0.25) is 0 Å². The predicted molar refractivity (Wildman–Crippen MR) is 146 cm³/mol. The molecule has 0 aromatic heterocycles. The van der Waals surface area contributed by atoms with Crippen LogP contribution in [0.1, 0.15) is 65.0 Å². The Morgan fingerprint density at radius 3 is 1.68 bits per heavy atom. The van der Waals surface area contributed by atoms with Crippen molar-refractivity contribution >= 4 is 46.1 Å². The van der Waals surface area contributed by atoms with E-state index < -0.39 is 42.1 Å². The molecule has 198 valence electrons. The zero-order chi connectivity index (χ0) is 28.1. The van der Waals surface area contributed by atoms with E-state index >= 15 is 0 Å². The molecule has 9 nitrogen and oxygen atoms in total. The summed E-state index contributed by atoms with van der Waals surface area (Å²) in [6.45, 7) is 0.470. The van der Waals surface area contributed by atoms with E-state index in [1.165, 1.54) is 24.3 Å². The smallest absolute Gasteiger partial charge is 0.305 e. The lowest BCUT2D eigenvalue weighted by Crippen LogP contribution is -2.45. The zero-order valence-electron chi connectivity index (χ0n) is 21.2. The highest BCUT2D eigenvalue weighted by molar-refractivity contribution is 6.39. The highest BCUT2D eigenvalue weighted by atomic mass is 16.4. The van der Waals surface area contributed by atoms with Crippen LogP contribution < -0.4 is 10.6 Å². The molecule has 4 aromatic rings. The van der Waals surface area contributed by atoms with Crippen molar-refractivity contribution in [1.29, 1.82) is 0 Å². The van der Waals surface area contributed by atoms with Crippen LogP contribution in [0, 0.1) is 0 Å². The first-order chi connectivity index (χ1) is 19.3. The van der Waals surface area contributed by atoms with Gasteiger partial charge in [0.05, 0.1) is 18.2 Å². The van der Waals surface area contributed by atoms with Gasteiger partial charge in [-0.1, -0.05) is 42.5 Å². The molecule has 4 aromatic carbocycles. The molecule has 0 spiro atoms. The number of rotatable bonds is 7. The normalized spacial score (nSPS) is 15.1. The summed E-state index contributed by atoms with van der Waals surface area (Å²) in [6, 6.07) is 20.3. The van der Waals surface area contributed by atoms with Gasteiger partial charge in [0, 0.05) is 33.0 Å². The molecule has 1 unspecified atom stereocenters. The van der Waals surface area contributed by atoms with Gasteiger partial charge < -0.3 is 10.8 Å². The minimum atomic E-state index is -1.17. The zero-order valence-corrected chi connectivity index (χ0v) is 21.2. The molecule has 0 bridgehead atoms. The van der Waals surface area contributed by atoms with Crippen LogP contribution in [-0.4, -0.2) is 46.1 Å². The maximum atomic E-state index is 13.8. The average molecular weight is 534 g/mol. The molecule has 4 amide bonds. The van der Waals surface area contributed by atoms with Crippen LogP contribution in [0.2, 0.25) is 0 Å². The van der Waals surface area contributed by atoms with Gasteiger partial charge in [0.15, 0.2) is 0 Å². The number of aliphatic carboxylic acids is 1. The average Bonchev–Trinajstić information content (AvgIpc) is 2.95. The molecule has 1 atom stereocenters. The maximum absolute atomic E-state index is 13.8. The van der Waals surface area contributed by atoms with Gasteiger partial charge in [-0.2, -0.15) is 0 Å². The molecular formula is C31H23N3O6. The number of carboxylic acid groups (broad SMARTS) is 1. The minimum Gasteiger partial charge on any atom is -0.481 e. The topological polar surface area (TPSA) is 138 Å². The lowest BCUT2D eigenvalue weighted by molar-refractivity contribution is -0.138. The molecule has 0 radical (unpaired) electrons. The first kappa shape index (κ1) is 25.1. The summed E-state index contributed by atoms with van der Waals surface area (Å²) in [5, 5.41) is 10.1. The number of amides is 4. The first-order valence-corrected chi connectivity index (χ1v) is 12.7. The third-order valence-electron chi connectivity index (χ3n) is 7.42. The first-order valence-electron chi connectivity index (χ1n) is 12.7. The predicted octanol–water partition coefficient (Wildman–Crippen LogP) is 3.95. The Morgan fingerprint density at radius 1 is 0.700 bits per heavy atom. The lowest BCUT2D eigenvalue weighted by Gasteiger charge is -2.35. The van der Waals surface area contributed by atoms with Crippen LogP contribution in [-0.2, 0) is 11.2 Å². The number of benzene rings is 4. The van der Waals surface area contributed by atoms with Crippen LogP contribution in [0.25, 0.3) is 10.8 Å². The molecule has 2 aliphatic heterocycles. The van der Waals surface area contributed by atoms with Crippen molar-refractivity contribution in [2.24, 2.45) is 5.73 Å². The van der Waals surface area contributed by atoms with E-state index in [1.807, 2.05) is 12.1 Å². The quantitative estimate of drug-likeness (QED) is 0.343. The SMILES string of the molecule is NCCc1ccc(N2C(=O)c3ccc4c5c(ccc(c35)C2=O)C(=O)N(C(CC(=O)O)c2ccccc2)C4=O)cc1. The monoisotopic (exact) mass is 533 g/mol. The fourth-order valence-electron chi connectivity index (χ4n) is 5.59. The van der Waals surface area contributed by atoms with E-state index in [0.29, 0.717) is 24.2 Å². The number of carbonyl (C=O) groups excluding carboxylic acids is 4. The number of nitrogens with zero attached hydrogens (tertiary/aromatic N) is 2. The van der Waals surface area contributed by atoms with Crippen molar-refractivity contribution in [3.63, 3.8) is 0 Å². The fourth-order valence-corrected chi connectivity index (χ4v) is 5.59. The third-order valence-corrected chi connectivity index (χ3v) is 7.42.